The van der Waals surface area contributed by atoms with Gasteiger partial charge in [0.15, 0.2) is 0 Å². The first-order valence-corrected chi connectivity index (χ1v) is 7.03. The van der Waals surface area contributed by atoms with Crippen LogP contribution in [0.15, 0.2) is 24.3 Å². The Morgan fingerprint density at radius 3 is 3.05 bits per heavy atom. The molecular formula is C15H21NO3. The molecule has 2 heterocycles. The third-order valence-electron chi connectivity index (χ3n) is 3.99. The highest BCUT2D eigenvalue weighted by Gasteiger charge is 2.26. The second kappa shape index (κ2) is 5.90. The summed E-state index contributed by atoms with van der Waals surface area (Å²) < 4.78 is 11.2. The number of fused-ring (bicyclic) bond motifs is 1. The maximum Gasteiger partial charge on any atom is 0.122 e. The summed E-state index contributed by atoms with van der Waals surface area (Å²) in [6.45, 7) is 4.44. The van der Waals surface area contributed by atoms with E-state index < -0.39 is 0 Å². The van der Waals surface area contributed by atoms with Crippen molar-refractivity contribution in [2.24, 2.45) is 0 Å². The summed E-state index contributed by atoms with van der Waals surface area (Å²) in [5.74, 6) is 1.56. The van der Waals surface area contributed by atoms with Crippen molar-refractivity contribution in [3.05, 3.63) is 29.8 Å². The number of aliphatic hydroxyl groups is 1. The van der Waals surface area contributed by atoms with Gasteiger partial charge in [-0.15, -0.1) is 0 Å². The summed E-state index contributed by atoms with van der Waals surface area (Å²) in [6, 6.07) is 8.33. The van der Waals surface area contributed by atoms with Gasteiger partial charge in [0.1, 0.15) is 5.75 Å². The van der Waals surface area contributed by atoms with Crippen LogP contribution in [0, 0.1) is 0 Å². The van der Waals surface area contributed by atoms with Crippen molar-refractivity contribution in [1.82, 2.24) is 4.90 Å². The van der Waals surface area contributed by atoms with Gasteiger partial charge < -0.3 is 14.6 Å². The number of aliphatic hydroxyl groups excluding tert-OH is 1. The fourth-order valence-electron chi connectivity index (χ4n) is 2.97. The van der Waals surface area contributed by atoms with Crippen LogP contribution >= 0.6 is 0 Å². The summed E-state index contributed by atoms with van der Waals surface area (Å²) in [4.78, 5) is 2.40. The summed E-state index contributed by atoms with van der Waals surface area (Å²) in [7, 11) is 0. The van der Waals surface area contributed by atoms with Crippen molar-refractivity contribution < 1.29 is 14.6 Å². The second-order valence-corrected chi connectivity index (χ2v) is 5.31. The maximum atomic E-state index is 9.20. The molecule has 3 rings (SSSR count). The number of benzene rings is 1. The van der Waals surface area contributed by atoms with Crippen molar-refractivity contribution in [2.75, 3.05) is 39.5 Å². The van der Waals surface area contributed by atoms with Crippen LogP contribution in [0.1, 0.15) is 17.9 Å². The van der Waals surface area contributed by atoms with Crippen LogP contribution in [0.2, 0.25) is 0 Å². The fraction of sp³-hybridized carbons (Fsp3) is 0.600. The van der Waals surface area contributed by atoms with E-state index in [1.165, 1.54) is 5.56 Å². The normalized spacial score (nSPS) is 27.6. The van der Waals surface area contributed by atoms with E-state index in [0.29, 0.717) is 5.92 Å². The van der Waals surface area contributed by atoms with Crippen molar-refractivity contribution >= 4 is 0 Å². The number of ether oxygens (including phenoxy) is 2. The Hall–Kier alpha value is -1.10. The van der Waals surface area contributed by atoms with Gasteiger partial charge in [0.05, 0.1) is 25.9 Å². The van der Waals surface area contributed by atoms with Crippen LogP contribution in [0.3, 0.4) is 0 Å². The number of para-hydroxylation sites is 1. The summed E-state index contributed by atoms with van der Waals surface area (Å²) in [5.41, 5.74) is 1.32. The van der Waals surface area contributed by atoms with E-state index in [-0.39, 0.29) is 12.7 Å². The van der Waals surface area contributed by atoms with Crippen molar-refractivity contribution in [2.45, 2.75) is 18.4 Å². The predicted molar refractivity (Wildman–Crippen MR) is 72.6 cm³/mol. The zero-order valence-corrected chi connectivity index (χ0v) is 11.1. The molecule has 0 spiro atoms. The van der Waals surface area contributed by atoms with Gasteiger partial charge in [0, 0.05) is 25.6 Å². The number of hydrogen-bond donors (Lipinski definition) is 1. The lowest BCUT2D eigenvalue weighted by atomic mass is 9.92. The zero-order valence-electron chi connectivity index (χ0n) is 11.1. The van der Waals surface area contributed by atoms with Crippen molar-refractivity contribution in [3.63, 3.8) is 0 Å². The highest BCUT2D eigenvalue weighted by atomic mass is 16.5. The third-order valence-corrected chi connectivity index (χ3v) is 3.99. The van der Waals surface area contributed by atoms with Crippen LogP contribution < -0.4 is 4.74 Å². The van der Waals surface area contributed by atoms with Crippen molar-refractivity contribution in [1.29, 1.82) is 0 Å². The van der Waals surface area contributed by atoms with Crippen molar-refractivity contribution in [3.8, 4) is 5.75 Å². The average Bonchev–Trinajstić information content (AvgIpc) is 2.48. The SMILES string of the molecule is OCC1CN(CC2CCOc3ccccc32)CCO1. The number of rotatable bonds is 3. The third kappa shape index (κ3) is 2.91. The molecule has 0 aromatic heterocycles. The van der Waals surface area contributed by atoms with Gasteiger partial charge in [-0.05, 0) is 18.1 Å². The molecule has 2 atom stereocenters. The highest BCUT2D eigenvalue weighted by molar-refractivity contribution is 5.37. The van der Waals surface area contributed by atoms with E-state index >= 15 is 0 Å². The first kappa shape index (κ1) is 12.9. The first-order chi connectivity index (χ1) is 9.36. The predicted octanol–water partition coefficient (Wildman–Crippen LogP) is 1.25. The number of nitrogens with zero attached hydrogens (tertiary/aromatic N) is 1. The smallest absolute Gasteiger partial charge is 0.122 e. The van der Waals surface area contributed by atoms with Gasteiger partial charge >= 0.3 is 0 Å². The Labute approximate surface area is 113 Å². The second-order valence-electron chi connectivity index (χ2n) is 5.31. The zero-order chi connectivity index (χ0) is 13.1. The molecule has 19 heavy (non-hydrogen) atoms. The molecule has 0 amide bonds. The van der Waals surface area contributed by atoms with E-state index in [9.17, 15) is 5.11 Å². The lowest BCUT2D eigenvalue weighted by molar-refractivity contribution is -0.0546. The van der Waals surface area contributed by atoms with Crippen LogP contribution in [-0.2, 0) is 4.74 Å². The Balaban J connectivity index is 1.67. The lowest BCUT2D eigenvalue weighted by Crippen LogP contribution is -2.45. The van der Waals surface area contributed by atoms with E-state index in [4.69, 9.17) is 9.47 Å². The topological polar surface area (TPSA) is 41.9 Å². The monoisotopic (exact) mass is 263 g/mol. The molecule has 1 fully saturated rings. The van der Waals surface area contributed by atoms with Gasteiger partial charge in [-0.2, -0.15) is 0 Å². The van der Waals surface area contributed by atoms with Crippen LogP contribution in [0.4, 0.5) is 0 Å². The molecule has 2 aliphatic rings. The molecule has 0 bridgehead atoms. The summed E-state index contributed by atoms with van der Waals surface area (Å²) in [6.07, 6.45) is 1.04. The molecular weight excluding hydrogens is 242 g/mol. The largest absolute Gasteiger partial charge is 0.493 e. The van der Waals surface area contributed by atoms with Crippen LogP contribution in [0.25, 0.3) is 0 Å². The van der Waals surface area contributed by atoms with Crippen LogP contribution in [0.5, 0.6) is 5.75 Å². The fourth-order valence-corrected chi connectivity index (χ4v) is 2.97. The standard InChI is InChI=1S/C15H21NO3/c17-11-13-10-16(6-8-18-13)9-12-5-7-19-15-4-2-1-3-14(12)15/h1-4,12-13,17H,5-11H2. The van der Waals surface area contributed by atoms with Crippen LogP contribution in [-0.4, -0.2) is 55.6 Å². The Kier molecular flexibility index (Phi) is 4.01. The summed E-state index contributed by atoms with van der Waals surface area (Å²) >= 11 is 0. The minimum Gasteiger partial charge on any atom is -0.493 e. The molecule has 1 aromatic rings. The molecule has 4 heteroatoms. The number of hydrogen-bond acceptors (Lipinski definition) is 4. The Bertz CT molecular complexity index is 424. The maximum absolute atomic E-state index is 9.20. The Morgan fingerprint density at radius 1 is 1.26 bits per heavy atom. The molecule has 1 N–H and O–H groups in total. The van der Waals surface area contributed by atoms with Gasteiger partial charge in [-0.1, -0.05) is 18.2 Å². The molecule has 0 radical (unpaired) electrons. The molecule has 2 aliphatic heterocycles. The van der Waals surface area contributed by atoms with E-state index in [1.807, 2.05) is 6.07 Å². The average molecular weight is 263 g/mol. The van der Waals surface area contributed by atoms with Gasteiger partial charge in [0.2, 0.25) is 0 Å². The quantitative estimate of drug-likeness (QED) is 0.891. The Morgan fingerprint density at radius 2 is 2.16 bits per heavy atom. The number of morpholine rings is 1. The molecule has 0 aliphatic carbocycles. The van der Waals surface area contributed by atoms with E-state index in [1.54, 1.807) is 0 Å². The van der Waals surface area contributed by atoms with Gasteiger partial charge in [-0.25, -0.2) is 0 Å². The molecule has 104 valence electrons. The molecule has 1 saturated heterocycles. The van der Waals surface area contributed by atoms with Gasteiger partial charge in [0.25, 0.3) is 0 Å². The minimum atomic E-state index is -0.0242. The lowest BCUT2D eigenvalue weighted by Gasteiger charge is -2.36. The molecule has 2 unspecified atom stereocenters. The molecule has 1 aromatic carbocycles. The molecule has 0 saturated carbocycles. The first-order valence-electron chi connectivity index (χ1n) is 7.03. The molecule has 4 nitrogen and oxygen atoms in total. The van der Waals surface area contributed by atoms with Gasteiger partial charge in [-0.3, -0.25) is 4.90 Å². The minimum absolute atomic E-state index is 0.0242. The van der Waals surface area contributed by atoms with E-state index in [0.717, 1.165) is 45.0 Å². The summed E-state index contributed by atoms with van der Waals surface area (Å²) in [5, 5.41) is 9.20. The highest BCUT2D eigenvalue weighted by Crippen LogP contribution is 2.34. The van der Waals surface area contributed by atoms with E-state index in [2.05, 4.69) is 23.1 Å².